The standard InChI is InChI=1S/C33H38P/c1-28(2)16-14-17-29(3)18-15-19-30(4)26-27-34(31-20-8-5-9-21-31,32-22-10-6-11-23-32)33-24-12-7-13-25-33/h5-13,15-16,18-26H,14,17,27H2,1-4H3/q+1/b19-15+,29-18+,30-26-. The predicted molar refractivity (Wildman–Crippen MR) is 155 cm³/mol. The lowest BCUT2D eigenvalue weighted by Crippen LogP contribution is -2.33. The van der Waals surface area contributed by atoms with Gasteiger partial charge in [0.1, 0.15) is 23.2 Å². The van der Waals surface area contributed by atoms with E-state index < -0.39 is 7.26 Å². The molecule has 0 saturated carbocycles. The smallest absolute Gasteiger partial charge is 0.0856 e. The van der Waals surface area contributed by atoms with Crippen molar-refractivity contribution < 1.29 is 0 Å². The van der Waals surface area contributed by atoms with Crippen LogP contribution in [0, 0.1) is 0 Å². The van der Waals surface area contributed by atoms with Gasteiger partial charge in [-0.2, -0.15) is 0 Å². The summed E-state index contributed by atoms with van der Waals surface area (Å²) in [5.74, 6) is 0. The van der Waals surface area contributed by atoms with Gasteiger partial charge < -0.3 is 0 Å². The Morgan fingerprint density at radius 2 is 1.12 bits per heavy atom. The van der Waals surface area contributed by atoms with Gasteiger partial charge in [0.25, 0.3) is 0 Å². The van der Waals surface area contributed by atoms with Crippen LogP contribution in [0.1, 0.15) is 40.5 Å². The van der Waals surface area contributed by atoms with Crippen LogP contribution in [0.5, 0.6) is 0 Å². The number of benzene rings is 3. The number of rotatable bonds is 10. The van der Waals surface area contributed by atoms with Crippen LogP contribution in [0.2, 0.25) is 0 Å². The Hall–Kier alpha value is -2.95. The van der Waals surface area contributed by atoms with Gasteiger partial charge in [0.05, 0.1) is 6.16 Å². The van der Waals surface area contributed by atoms with E-state index in [1.807, 2.05) is 0 Å². The maximum Gasteiger partial charge on any atom is 0.115 e. The third-order valence-electron chi connectivity index (χ3n) is 6.11. The normalized spacial score (nSPS) is 12.7. The molecule has 0 unspecified atom stereocenters. The molecule has 0 nitrogen and oxygen atoms in total. The summed E-state index contributed by atoms with van der Waals surface area (Å²) in [7, 11) is -1.81. The third-order valence-corrected chi connectivity index (χ3v) is 10.4. The summed E-state index contributed by atoms with van der Waals surface area (Å²) in [4.78, 5) is 0. The predicted octanol–water partition coefficient (Wildman–Crippen LogP) is 8.18. The molecule has 3 rings (SSSR count). The van der Waals surface area contributed by atoms with E-state index in [0.717, 1.165) is 19.0 Å². The molecular weight excluding hydrogens is 427 g/mol. The molecule has 0 fully saturated rings. The van der Waals surface area contributed by atoms with Crippen molar-refractivity contribution in [2.24, 2.45) is 0 Å². The number of hydrogen-bond donors (Lipinski definition) is 0. The summed E-state index contributed by atoms with van der Waals surface area (Å²) in [5.41, 5.74) is 4.12. The van der Waals surface area contributed by atoms with Crippen LogP contribution < -0.4 is 15.9 Å². The van der Waals surface area contributed by atoms with E-state index in [1.54, 1.807) is 0 Å². The van der Waals surface area contributed by atoms with E-state index in [9.17, 15) is 0 Å². The van der Waals surface area contributed by atoms with Crippen LogP contribution in [0.25, 0.3) is 0 Å². The lowest BCUT2D eigenvalue weighted by molar-refractivity contribution is 0.967. The van der Waals surface area contributed by atoms with Crippen LogP contribution in [0.4, 0.5) is 0 Å². The quantitative estimate of drug-likeness (QED) is 0.161. The molecule has 0 aliphatic heterocycles. The van der Waals surface area contributed by atoms with Crippen molar-refractivity contribution in [2.45, 2.75) is 40.5 Å². The monoisotopic (exact) mass is 465 g/mol. The Labute approximate surface area is 207 Å². The van der Waals surface area contributed by atoms with E-state index in [1.165, 1.54) is 32.6 Å². The van der Waals surface area contributed by atoms with Gasteiger partial charge in [0, 0.05) is 0 Å². The van der Waals surface area contributed by atoms with E-state index in [0.29, 0.717) is 0 Å². The summed E-state index contributed by atoms with van der Waals surface area (Å²) in [5, 5.41) is 4.28. The highest BCUT2D eigenvalue weighted by Gasteiger charge is 2.44. The van der Waals surface area contributed by atoms with Crippen LogP contribution in [0.3, 0.4) is 0 Å². The Kier molecular flexibility index (Phi) is 9.87. The maximum absolute atomic E-state index is 2.43. The largest absolute Gasteiger partial charge is 0.115 e. The van der Waals surface area contributed by atoms with E-state index in [4.69, 9.17) is 0 Å². The molecule has 3 aromatic carbocycles. The Balaban J connectivity index is 1.94. The first kappa shape index (κ1) is 25.7. The average molecular weight is 466 g/mol. The molecule has 0 aliphatic carbocycles. The lowest BCUT2D eigenvalue weighted by atomic mass is 10.1. The summed E-state index contributed by atoms with van der Waals surface area (Å²) in [6.07, 6.45) is 14.7. The molecule has 0 saturated heterocycles. The van der Waals surface area contributed by atoms with Crippen molar-refractivity contribution in [2.75, 3.05) is 6.16 Å². The first-order chi connectivity index (χ1) is 16.5. The lowest BCUT2D eigenvalue weighted by Gasteiger charge is -2.26. The zero-order valence-electron chi connectivity index (χ0n) is 21.1. The van der Waals surface area contributed by atoms with Crippen molar-refractivity contribution in [1.29, 1.82) is 0 Å². The topological polar surface area (TPSA) is 0 Å². The van der Waals surface area contributed by atoms with Gasteiger partial charge in [-0.25, -0.2) is 0 Å². The molecule has 1 heteroatoms. The minimum absolute atomic E-state index is 1.00. The summed E-state index contributed by atoms with van der Waals surface area (Å²) >= 11 is 0. The van der Waals surface area contributed by atoms with Crippen LogP contribution >= 0.6 is 7.26 Å². The zero-order valence-corrected chi connectivity index (χ0v) is 22.0. The minimum Gasteiger partial charge on any atom is -0.0856 e. The fraction of sp³-hybridized carbons (Fsp3) is 0.212. The molecule has 174 valence electrons. The molecule has 3 aromatic rings. The SMILES string of the molecule is CC(C)=CCC/C(C)=C/C=C/C(C)=C\C[P+](c1ccccc1)(c1ccccc1)c1ccccc1. The molecule has 0 N–H and O–H groups in total. The van der Waals surface area contributed by atoms with E-state index >= 15 is 0 Å². The number of allylic oxidation sites excluding steroid dienone is 8. The second-order valence-corrected chi connectivity index (χ2v) is 12.7. The molecule has 0 radical (unpaired) electrons. The van der Waals surface area contributed by atoms with Gasteiger partial charge >= 0.3 is 0 Å². The van der Waals surface area contributed by atoms with Crippen molar-refractivity contribution >= 4 is 23.2 Å². The van der Waals surface area contributed by atoms with Gasteiger partial charge in [-0.1, -0.05) is 95.6 Å². The van der Waals surface area contributed by atoms with Crippen LogP contribution in [0.15, 0.2) is 138 Å². The summed E-state index contributed by atoms with van der Waals surface area (Å²) in [6.45, 7) is 8.77. The second-order valence-electron chi connectivity index (χ2n) is 9.14. The van der Waals surface area contributed by atoms with Crippen molar-refractivity contribution in [3.63, 3.8) is 0 Å². The molecule has 0 spiro atoms. The molecular formula is C33H38P+. The van der Waals surface area contributed by atoms with Gasteiger partial charge in [-0.05, 0) is 83.0 Å². The van der Waals surface area contributed by atoms with Gasteiger partial charge in [0.15, 0.2) is 0 Å². The fourth-order valence-corrected chi connectivity index (χ4v) is 8.33. The Bertz CT molecular complexity index is 1030. The van der Waals surface area contributed by atoms with Crippen LogP contribution in [-0.2, 0) is 0 Å². The molecule has 0 heterocycles. The van der Waals surface area contributed by atoms with E-state index in [2.05, 4.69) is 149 Å². The summed E-state index contributed by atoms with van der Waals surface area (Å²) in [6, 6.07) is 33.3. The molecule has 0 atom stereocenters. The highest BCUT2D eigenvalue weighted by atomic mass is 31.2. The minimum atomic E-state index is -1.81. The van der Waals surface area contributed by atoms with Crippen molar-refractivity contribution in [1.82, 2.24) is 0 Å². The third kappa shape index (κ3) is 7.02. The zero-order chi connectivity index (χ0) is 24.2. The first-order valence-electron chi connectivity index (χ1n) is 12.2. The average Bonchev–Trinajstić information content (AvgIpc) is 2.86. The summed E-state index contributed by atoms with van der Waals surface area (Å²) < 4.78 is 0. The van der Waals surface area contributed by atoms with Gasteiger partial charge in [-0.15, -0.1) is 0 Å². The molecule has 0 aliphatic rings. The Morgan fingerprint density at radius 1 is 0.647 bits per heavy atom. The number of hydrogen-bond acceptors (Lipinski definition) is 0. The van der Waals surface area contributed by atoms with Gasteiger partial charge in [-0.3, -0.25) is 0 Å². The Morgan fingerprint density at radius 3 is 1.56 bits per heavy atom. The molecule has 0 aromatic heterocycles. The molecule has 0 bridgehead atoms. The molecule has 34 heavy (non-hydrogen) atoms. The first-order valence-corrected chi connectivity index (χ1v) is 14.2. The van der Waals surface area contributed by atoms with Crippen LogP contribution in [-0.4, -0.2) is 6.16 Å². The maximum atomic E-state index is 2.43. The van der Waals surface area contributed by atoms with Crippen molar-refractivity contribution in [3.05, 3.63) is 138 Å². The van der Waals surface area contributed by atoms with Crippen molar-refractivity contribution in [3.8, 4) is 0 Å². The highest BCUT2D eigenvalue weighted by Crippen LogP contribution is 2.55. The highest BCUT2D eigenvalue weighted by molar-refractivity contribution is 7.95. The second kappa shape index (κ2) is 13.1. The fourth-order valence-electron chi connectivity index (χ4n) is 4.20. The van der Waals surface area contributed by atoms with Gasteiger partial charge in [0.2, 0.25) is 0 Å². The molecule has 0 amide bonds. The van der Waals surface area contributed by atoms with E-state index in [-0.39, 0.29) is 0 Å².